The van der Waals surface area contributed by atoms with Crippen molar-refractivity contribution in [2.45, 2.75) is 26.7 Å². The Morgan fingerprint density at radius 2 is 2.24 bits per heavy atom. The predicted octanol–water partition coefficient (Wildman–Crippen LogP) is 3.35. The zero-order valence-corrected chi connectivity index (χ0v) is 17.3. The van der Waals surface area contributed by atoms with E-state index in [1.54, 1.807) is 19.3 Å². The van der Waals surface area contributed by atoms with Gasteiger partial charge < -0.3 is 16.0 Å². The molecule has 3 N–H and O–H groups in total. The predicted molar refractivity (Wildman–Crippen MR) is 117 cm³/mol. The fraction of sp³-hybridized carbons (Fsp3) is 0.409. The lowest BCUT2D eigenvalue weighted by Crippen LogP contribution is -2.44. The molecule has 1 atom stereocenters. The second kappa shape index (κ2) is 11.1. The molecule has 2 rings (SSSR count). The zero-order valence-electron chi connectivity index (χ0n) is 17.3. The monoisotopic (exact) mass is 396 g/mol. The number of aliphatic imine (C=N–C) groups is 2. The molecule has 0 aromatic rings. The third-order valence-corrected chi connectivity index (χ3v) is 4.92. The maximum atomic E-state index is 13.5. The highest BCUT2D eigenvalue weighted by Gasteiger charge is 2.19. The average Bonchev–Trinajstić information content (AvgIpc) is 2.69. The SMILES string of the molecule is C/N=C\C=C1\C=C(N/C(=N/C#N)N(CCN)CC2=C(C)C=C(F)CC2)C=CC1C. The fourth-order valence-electron chi connectivity index (χ4n) is 3.24. The van der Waals surface area contributed by atoms with Crippen molar-refractivity contribution in [3.63, 3.8) is 0 Å². The van der Waals surface area contributed by atoms with Gasteiger partial charge in [-0.3, -0.25) is 4.99 Å². The van der Waals surface area contributed by atoms with E-state index in [0.717, 1.165) is 22.4 Å². The number of hydrogen-bond donors (Lipinski definition) is 2. The molecule has 0 spiro atoms. The number of halogens is 1. The van der Waals surface area contributed by atoms with E-state index in [4.69, 9.17) is 5.73 Å². The Hall–Kier alpha value is -2.98. The molecule has 0 amide bonds. The van der Waals surface area contributed by atoms with Crippen LogP contribution in [0.3, 0.4) is 0 Å². The zero-order chi connectivity index (χ0) is 21.2. The molecule has 29 heavy (non-hydrogen) atoms. The van der Waals surface area contributed by atoms with Gasteiger partial charge in [0.2, 0.25) is 12.2 Å². The second-order valence-electron chi connectivity index (χ2n) is 7.07. The maximum Gasteiger partial charge on any atom is 0.214 e. The van der Waals surface area contributed by atoms with Gasteiger partial charge in [0.1, 0.15) is 5.83 Å². The molecule has 0 heterocycles. The number of allylic oxidation sites excluding steroid dienone is 8. The lowest BCUT2D eigenvalue weighted by atomic mass is 9.95. The van der Waals surface area contributed by atoms with Gasteiger partial charge in [0.05, 0.1) is 0 Å². The number of nitrogens with two attached hydrogens (primary N) is 1. The van der Waals surface area contributed by atoms with E-state index in [0.29, 0.717) is 38.4 Å². The van der Waals surface area contributed by atoms with Crippen molar-refractivity contribution in [2.24, 2.45) is 21.6 Å². The van der Waals surface area contributed by atoms with E-state index in [9.17, 15) is 9.65 Å². The Kier molecular flexibility index (Phi) is 8.56. The summed E-state index contributed by atoms with van der Waals surface area (Å²) in [6, 6.07) is 0. The van der Waals surface area contributed by atoms with Crippen molar-refractivity contribution in [1.29, 1.82) is 5.26 Å². The summed E-state index contributed by atoms with van der Waals surface area (Å²) < 4.78 is 13.5. The minimum Gasteiger partial charge on any atom is -0.337 e. The van der Waals surface area contributed by atoms with Gasteiger partial charge >= 0.3 is 0 Å². The summed E-state index contributed by atoms with van der Waals surface area (Å²) in [5.74, 6) is 0.608. The minimum absolute atomic E-state index is 0.0952. The van der Waals surface area contributed by atoms with Crippen LogP contribution in [0, 0.1) is 17.4 Å². The molecule has 0 aromatic heterocycles. The quantitative estimate of drug-likeness (QED) is 0.409. The molecule has 0 saturated carbocycles. The number of nitrogens with zero attached hydrogens (tertiary/aromatic N) is 4. The van der Waals surface area contributed by atoms with Crippen molar-refractivity contribution in [1.82, 2.24) is 10.2 Å². The van der Waals surface area contributed by atoms with Crippen molar-refractivity contribution in [2.75, 3.05) is 26.7 Å². The first-order valence-electron chi connectivity index (χ1n) is 9.74. The molecular weight excluding hydrogens is 367 g/mol. The largest absolute Gasteiger partial charge is 0.337 e. The molecule has 0 saturated heterocycles. The number of nitriles is 1. The molecule has 0 aromatic carbocycles. The molecule has 0 fully saturated rings. The van der Waals surface area contributed by atoms with Crippen LogP contribution in [0.1, 0.15) is 26.7 Å². The lowest BCUT2D eigenvalue weighted by Gasteiger charge is -2.29. The van der Waals surface area contributed by atoms with Crippen LogP contribution in [0.4, 0.5) is 4.39 Å². The van der Waals surface area contributed by atoms with Crippen LogP contribution in [-0.4, -0.2) is 43.8 Å². The van der Waals surface area contributed by atoms with Crippen LogP contribution in [0.25, 0.3) is 0 Å². The Morgan fingerprint density at radius 1 is 1.45 bits per heavy atom. The Balaban J connectivity index is 2.26. The van der Waals surface area contributed by atoms with Gasteiger partial charge in [0.25, 0.3) is 0 Å². The van der Waals surface area contributed by atoms with E-state index in [-0.39, 0.29) is 11.7 Å². The lowest BCUT2D eigenvalue weighted by molar-refractivity contribution is 0.438. The minimum atomic E-state index is -0.0952. The van der Waals surface area contributed by atoms with Crippen LogP contribution in [0.2, 0.25) is 0 Å². The van der Waals surface area contributed by atoms with E-state index >= 15 is 0 Å². The summed E-state index contributed by atoms with van der Waals surface area (Å²) in [5.41, 5.74) is 9.78. The van der Waals surface area contributed by atoms with Crippen LogP contribution < -0.4 is 11.1 Å². The Bertz CT molecular complexity index is 851. The van der Waals surface area contributed by atoms with E-state index in [1.807, 2.05) is 36.2 Å². The first-order valence-corrected chi connectivity index (χ1v) is 9.74. The average molecular weight is 397 g/mol. The molecule has 0 aliphatic heterocycles. The third-order valence-electron chi connectivity index (χ3n) is 4.92. The highest BCUT2D eigenvalue weighted by atomic mass is 19.1. The molecule has 1 unspecified atom stereocenters. The van der Waals surface area contributed by atoms with Crippen LogP contribution in [-0.2, 0) is 0 Å². The topological polar surface area (TPSA) is 89.8 Å². The van der Waals surface area contributed by atoms with E-state index < -0.39 is 0 Å². The van der Waals surface area contributed by atoms with Gasteiger partial charge in [0, 0.05) is 45.0 Å². The molecule has 7 heteroatoms. The van der Waals surface area contributed by atoms with Crippen LogP contribution >= 0.6 is 0 Å². The van der Waals surface area contributed by atoms with E-state index in [1.165, 1.54) is 0 Å². The smallest absolute Gasteiger partial charge is 0.214 e. The molecule has 0 radical (unpaired) electrons. The van der Waals surface area contributed by atoms with Crippen LogP contribution in [0.15, 0.2) is 68.6 Å². The molecule has 0 bridgehead atoms. The third kappa shape index (κ3) is 6.54. The second-order valence-corrected chi connectivity index (χ2v) is 7.07. The van der Waals surface area contributed by atoms with Crippen molar-refractivity contribution >= 4 is 12.2 Å². The van der Waals surface area contributed by atoms with Gasteiger partial charge in [-0.1, -0.05) is 13.0 Å². The van der Waals surface area contributed by atoms with Gasteiger partial charge in [-0.25, -0.2) is 4.39 Å². The summed E-state index contributed by atoms with van der Waals surface area (Å²) in [6.07, 6.45) is 14.3. The van der Waals surface area contributed by atoms with Gasteiger partial charge in [-0.2, -0.15) is 5.26 Å². The van der Waals surface area contributed by atoms with Crippen molar-refractivity contribution in [3.05, 3.63) is 58.6 Å². The first kappa shape index (κ1) is 22.3. The molecule has 154 valence electrons. The first-order chi connectivity index (χ1) is 14.0. The van der Waals surface area contributed by atoms with E-state index in [2.05, 4.69) is 28.3 Å². The number of nitrogens with one attached hydrogen (secondary N) is 1. The number of hydrogen-bond acceptors (Lipinski definition) is 4. The van der Waals surface area contributed by atoms with Crippen molar-refractivity contribution < 1.29 is 4.39 Å². The van der Waals surface area contributed by atoms with Crippen molar-refractivity contribution in [3.8, 4) is 6.19 Å². The molecule has 6 nitrogen and oxygen atoms in total. The van der Waals surface area contributed by atoms with Gasteiger partial charge in [-0.05, 0) is 60.3 Å². The summed E-state index contributed by atoms with van der Waals surface area (Å²) in [6.45, 7) is 5.49. The van der Waals surface area contributed by atoms with Gasteiger partial charge in [-0.15, -0.1) is 4.99 Å². The number of guanidine groups is 1. The fourth-order valence-corrected chi connectivity index (χ4v) is 3.24. The molecule has 2 aliphatic rings. The maximum absolute atomic E-state index is 13.5. The summed E-state index contributed by atoms with van der Waals surface area (Å²) in [7, 11) is 1.73. The highest BCUT2D eigenvalue weighted by molar-refractivity contribution is 5.83. The molecular formula is C22H29FN6. The van der Waals surface area contributed by atoms with Crippen LogP contribution in [0.5, 0.6) is 0 Å². The molecule has 2 aliphatic carbocycles. The summed E-state index contributed by atoms with van der Waals surface area (Å²) in [4.78, 5) is 9.94. The standard InChI is InChI=1S/C22H29FN6/c1-16-4-7-21(13-18(16)8-10-26-3)28-22(27-15-25)29(11-9-24)14-19-5-6-20(23)12-17(19)2/h4,7-8,10,12-13,16H,5-6,9,11,14,24H2,1-3H3,(H,27,28)/b18-8-,26-10-. The highest BCUT2D eigenvalue weighted by Crippen LogP contribution is 2.25. The Morgan fingerprint density at radius 3 is 2.90 bits per heavy atom. The summed E-state index contributed by atoms with van der Waals surface area (Å²) >= 11 is 0. The normalized spacial score (nSPS) is 21.3. The van der Waals surface area contributed by atoms with Gasteiger partial charge in [0.15, 0.2) is 0 Å². The summed E-state index contributed by atoms with van der Waals surface area (Å²) in [5, 5.41) is 12.5. The Labute approximate surface area is 172 Å². The number of rotatable bonds is 6.